The molecule has 2 unspecified atom stereocenters. The number of hydrogen-bond donors (Lipinski definition) is 0. The standard InChI is InChI=1S/C14H21N3O3/c1-9-15-11(16-20-9)10-8-14(10)6-5-7-17(14)12(18)19-13(2,3)4/h10H,5-8H2,1-4H3. The molecule has 1 saturated heterocycles. The van der Waals surface area contributed by atoms with E-state index in [0.29, 0.717) is 5.89 Å². The number of carbonyl (C=O) groups is 1. The molecule has 2 aliphatic rings. The van der Waals surface area contributed by atoms with E-state index < -0.39 is 5.60 Å². The number of ether oxygens (including phenoxy) is 1. The maximum absolute atomic E-state index is 12.3. The van der Waals surface area contributed by atoms with E-state index in [0.717, 1.165) is 31.6 Å². The van der Waals surface area contributed by atoms with Crippen LogP contribution in [0.4, 0.5) is 4.79 Å². The fraction of sp³-hybridized carbons (Fsp3) is 0.786. The highest BCUT2D eigenvalue weighted by molar-refractivity contribution is 5.71. The first-order valence-corrected chi connectivity index (χ1v) is 7.13. The summed E-state index contributed by atoms with van der Waals surface area (Å²) in [4.78, 5) is 18.5. The second kappa shape index (κ2) is 4.20. The molecule has 110 valence electrons. The van der Waals surface area contributed by atoms with Crippen molar-refractivity contribution in [2.75, 3.05) is 6.54 Å². The van der Waals surface area contributed by atoms with E-state index in [2.05, 4.69) is 10.1 Å². The molecule has 3 rings (SSSR count). The van der Waals surface area contributed by atoms with Gasteiger partial charge < -0.3 is 14.2 Å². The van der Waals surface area contributed by atoms with Crippen LogP contribution >= 0.6 is 0 Å². The Bertz CT molecular complexity index is 534. The number of likely N-dealkylation sites (tertiary alicyclic amines) is 1. The van der Waals surface area contributed by atoms with Crippen molar-refractivity contribution in [1.29, 1.82) is 0 Å². The molecule has 1 aliphatic heterocycles. The van der Waals surface area contributed by atoms with Gasteiger partial charge in [-0.3, -0.25) is 0 Å². The lowest BCUT2D eigenvalue weighted by Gasteiger charge is -2.29. The Kier molecular flexibility index (Phi) is 2.81. The van der Waals surface area contributed by atoms with Crippen molar-refractivity contribution < 1.29 is 14.1 Å². The number of rotatable bonds is 1. The van der Waals surface area contributed by atoms with Gasteiger partial charge in [0.15, 0.2) is 5.82 Å². The average molecular weight is 279 g/mol. The second-order valence-electron chi connectivity index (χ2n) is 6.77. The van der Waals surface area contributed by atoms with Crippen molar-refractivity contribution in [2.24, 2.45) is 0 Å². The first-order valence-electron chi connectivity index (χ1n) is 7.13. The summed E-state index contributed by atoms with van der Waals surface area (Å²) in [6, 6.07) is 0. The number of carbonyl (C=O) groups excluding carboxylic acids is 1. The molecule has 1 aliphatic carbocycles. The van der Waals surface area contributed by atoms with Gasteiger partial charge in [-0.1, -0.05) is 5.16 Å². The third kappa shape index (κ3) is 2.17. The maximum Gasteiger partial charge on any atom is 0.410 e. The summed E-state index contributed by atoms with van der Waals surface area (Å²) in [5, 5.41) is 4.00. The van der Waals surface area contributed by atoms with Gasteiger partial charge in [-0.2, -0.15) is 4.98 Å². The molecule has 1 aromatic heterocycles. The van der Waals surface area contributed by atoms with Crippen molar-refractivity contribution in [3.8, 4) is 0 Å². The number of hydrogen-bond acceptors (Lipinski definition) is 5. The maximum atomic E-state index is 12.3. The monoisotopic (exact) mass is 279 g/mol. The van der Waals surface area contributed by atoms with Gasteiger partial charge in [0, 0.05) is 19.4 Å². The van der Waals surface area contributed by atoms with E-state index in [4.69, 9.17) is 9.26 Å². The molecule has 2 heterocycles. The van der Waals surface area contributed by atoms with Gasteiger partial charge in [0.05, 0.1) is 5.54 Å². The summed E-state index contributed by atoms with van der Waals surface area (Å²) in [6.45, 7) is 8.20. The Balaban J connectivity index is 1.76. The number of aromatic nitrogens is 2. The fourth-order valence-electron chi connectivity index (χ4n) is 3.15. The van der Waals surface area contributed by atoms with Crippen molar-refractivity contribution in [2.45, 2.75) is 64.0 Å². The molecule has 0 aromatic carbocycles. The molecule has 6 heteroatoms. The van der Waals surface area contributed by atoms with E-state index in [1.54, 1.807) is 6.92 Å². The van der Waals surface area contributed by atoms with Gasteiger partial charge in [0.2, 0.25) is 5.89 Å². The quantitative estimate of drug-likeness (QED) is 0.790. The summed E-state index contributed by atoms with van der Waals surface area (Å²) in [5.74, 6) is 1.48. The summed E-state index contributed by atoms with van der Waals surface area (Å²) in [6.07, 6.45) is 2.68. The summed E-state index contributed by atoms with van der Waals surface area (Å²) in [7, 11) is 0. The first-order chi connectivity index (χ1) is 9.32. The van der Waals surface area contributed by atoms with Crippen molar-refractivity contribution in [3.63, 3.8) is 0 Å². The van der Waals surface area contributed by atoms with Crippen LogP contribution in [0.2, 0.25) is 0 Å². The fourth-order valence-corrected chi connectivity index (χ4v) is 3.15. The molecule has 1 amide bonds. The Morgan fingerprint density at radius 1 is 1.50 bits per heavy atom. The zero-order valence-corrected chi connectivity index (χ0v) is 12.5. The van der Waals surface area contributed by atoms with Crippen LogP contribution in [-0.2, 0) is 4.74 Å². The highest BCUT2D eigenvalue weighted by Gasteiger charge is 2.64. The molecule has 0 radical (unpaired) electrons. The van der Waals surface area contributed by atoms with Crippen LogP contribution in [-0.4, -0.2) is 38.8 Å². The molecular weight excluding hydrogens is 258 g/mol. The molecule has 20 heavy (non-hydrogen) atoms. The van der Waals surface area contributed by atoms with Crippen LogP contribution in [0, 0.1) is 6.92 Å². The number of nitrogens with zero attached hydrogens (tertiary/aromatic N) is 3. The van der Waals surface area contributed by atoms with Crippen LogP contribution in [0.3, 0.4) is 0 Å². The van der Waals surface area contributed by atoms with E-state index in [9.17, 15) is 4.79 Å². The molecule has 1 spiro atoms. The topological polar surface area (TPSA) is 68.5 Å². The molecule has 1 aromatic rings. The molecule has 0 bridgehead atoms. The minimum atomic E-state index is -0.464. The summed E-state index contributed by atoms with van der Waals surface area (Å²) >= 11 is 0. The first kappa shape index (κ1) is 13.4. The van der Waals surface area contributed by atoms with Crippen molar-refractivity contribution in [1.82, 2.24) is 15.0 Å². The van der Waals surface area contributed by atoms with Gasteiger partial charge in [0.25, 0.3) is 0 Å². The SMILES string of the molecule is Cc1nc(C2CC23CCCN3C(=O)OC(C)(C)C)no1. The largest absolute Gasteiger partial charge is 0.444 e. The molecule has 6 nitrogen and oxygen atoms in total. The predicted octanol–water partition coefficient (Wildman–Crippen LogP) is 2.64. The van der Waals surface area contributed by atoms with Crippen LogP contribution < -0.4 is 0 Å². The minimum Gasteiger partial charge on any atom is -0.444 e. The van der Waals surface area contributed by atoms with E-state index >= 15 is 0 Å². The van der Waals surface area contributed by atoms with Crippen molar-refractivity contribution >= 4 is 6.09 Å². The zero-order valence-electron chi connectivity index (χ0n) is 12.5. The number of aryl methyl sites for hydroxylation is 1. The van der Waals surface area contributed by atoms with E-state index in [-0.39, 0.29) is 17.6 Å². The molecule has 2 fully saturated rings. The highest BCUT2D eigenvalue weighted by Crippen LogP contribution is 2.60. The molecule has 0 N–H and O–H groups in total. The lowest BCUT2D eigenvalue weighted by molar-refractivity contribution is 0.0197. The molecule has 1 saturated carbocycles. The third-order valence-corrected chi connectivity index (χ3v) is 4.04. The molecule has 2 atom stereocenters. The van der Waals surface area contributed by atoms with Gasteiger partial charge in [-0.25, -0.2) is 4.79 Å². The smallest absolute Gasteiger partial charge is 0.410 e. The van der Waals surface area contributed by atoms with Crippen LogP contribution in [0.5, 0.6) is 0 Å². The van der Waals surface area contributed by atoms with E-state index in [1.165, 1.54) is 0 Å². The van der Waals surface area contributed by atoms with Gasteiger partial charge in [-0.05, 0) is 40.0 Å². The Labute approximate surface area is 118 Å². The Morgan fingerprint density at radius 2 is 2.25 bits per heavy atom. The predicted molar refractivity (Wildman–Crippen MR) is 71.3 cm³/mol. The van der Waals surface area contributed by atoms with Crippen LogP contribution in [0.15, 0.2) is 4.52 Å². The minimum absolute atomic E-state index is 0.140. The Morgan fingerprint density at radius 3 is 2.85 bits per heavy atom. The number of amides is 1. The third-order valence-electron chi connectivity index (χ3n) is 4.04. The summed E-state index contributed by atoms with van der Waals surface area (Å²) in [5.41, 5.74) is -0.605. The Hall–Kier alpha value is -1.59. The molecular formula is C14H21N3O3. The lowest BCUT2D eigenvalue weighted by Crippen LogP contribution is -2.42. The highest BCUT2D eigenvalue weighted by atomic mass is 16.6. The zero-order chi connectivity index (χ0) is 14.5. The van der Waals surface area contributed by atoms with Gasteiger partial charge in [-0.15, -0.1) is 0 Å². The summed E-state index contributed by atoms with van der Waals surface area (Å²) < 4.78 is 10.6. The van der Waals surface area contributed by atoms with Crippen molar-refractivity contribution in [3.05, 3.63) is 11.7 Å². The van der Waals surface area contributed by atoms with Crippen LogP contribution in [0.25, 0.3) is 0 Å². The van der Waals surface area contributed by atoms with Gasteiger partial charge in [0.1, 0.15) is 5.60 Å². The van der Waals surface area contributed by atoms with Crippen LogP contribution in [0.1, 0.15) is 57.7 Å². The average Bonchev–Trinajstić information content (AvgIpc) is 2.67. The normalized spacial score (nSPS) is 29.0. The lowest BCUT2D eigenvalue weighted by atomic mass is 10.1. The van der Waals surface area contributed by atoms with Gasteiger partial charge >= 0.3 is 6.09 Å². The van der Waals surface area contributed by atoms with E-state index in [1.807, 2.05) is 25.7 Å². The second-order valence-corrected chi connectivity index (χ2v) is 6.77.